The molecule has 1 fully saturated rings. The Morgan fingerprint density at radius 3 is 2.08 bits per heavy atom. The molecule has 0 aromatic carbocycles. The van der Waals surface area contributed by atoms with E-state index in [0.717, 1.165) is 4.90 Å². The van der Waals surface area contributed by atoms with E-state index < -0.39 is 65.2 Å². The zero-order chi connectivity index (χ0) is 28.4. The number of hydrazine groups is 1. The molecule has 206 valence electrons. The van der Waals surface area contributed by atoms with Crippen LogP contribution in [0, 0.1) is 10.1 Å². The van der Waals surface area contributed by atoms with Crippen LogP contribution in [0.2, 0.25) is 0 Å². The third-order valence-electron chi connectivity index (χ3n) is 4.23. The Labute approximate surface area is 197 Å². The molecule has 3 atom stereocenters. The molecule has 0 saturated carbocycles. The maximum absolute atomic E-state index is 12.5. The molecule has 36 heavy (non-hydrogen) atoms. The van der Waals surface area contributed by atoms with Crippen LogP contribution in [0.15, 0.2) is 4.99 Å². The minimum absolute atomic E-state index is 0.0111. The van der Waals surface area contributed by atoms with Crippen molar-refractivity contribution >= 4 is 29.7 Å². The SMILES string of the molecule is NC(=O)[C@@H]1C[C@@H](NC(=O)C(F)(F)F)CN1C(=O)[C@@H](N)CCCN=C(N)N[N+](=O)[O-].O=C(O)C(F)(F)F. The molecule has 3 amide bonds. The van der Waals surface area contributed by atoms with Crippen LogP contribution in [0.1, 0.15) is 19.3 Å². The number of carbonyl (C=O) groups is 4. The Kier molecular flexibility index (Phi) is 11.8. The van der Waals surface area contributed by atoms with Gasteiger partial charge in [-0.3, -0.25) is 14.4 Å². The highest BCUT2D eigenvalue weighted by molar-refractivity contribution is 5.90. The van der Waals surface area contributed by atoms with Gasteiger partial charge in [-0.25, -0.2) is 19.9 Å². The molecule has 0 aromatic rings. The number of carboxylic acids is 1. The number of carbonyl (C=O) groups excluding carboxylic acids is 3. The lowest BCUT2D eigenvalue weighted by molar-refractivity contribution is -0.525. The molecule has 0 bridgehead atoms. The van der Waals surface area contributed by atoms with E-state index in [1.807, 2.05) is 0 Å². The third-order valence-corrected chi connectivity index (χ3v) is 4.23. The predicted molar refractivity (Wildman–Crippen MR) is 105 cm³/mol. The molecule has 21 heteroatoms. The van der Waals surface area contributed by atoms with Gasteiger partial charge in [0.25, 0.3) is 5.96 Å². The third kappa shape index (κ3) is 11.5. The van der Waals surface area contributed by atoms with E-state index in [-0.39, 0.29) is 32.4 Å². The summed E-state index contributed by atoms with van der Waals surface area (Å²) in [6.07, 6.45) is -10.2. The predicted octanol–water partition coefficient (Wildman–Crippen LogP) is -2.04. The van der Waals surface area contributed by atoms with E-state index in [1.165, 1.54) is 0 Å². The van der Waals surface area contributed by atoms with Crippen LogP contribution in [0.5, 0.6) is 0 Å². The lowest BCUT2D eigenvalue weighted by atomic mass is 10.1. The number of nitrogens with one attached hydrogen (secondary N) is 2. The van der Waals surface area contributed by atoms with Gasteiger partial charge in [0, 0.05) is 19.1 Å². The Morgan fingerprint density at radius 1 is 1.14 bits per heavy atom. The van der Waals surface area contributed by atoms with Crippen molar-refractivity contribution in [2.75, 3.05) is 13.1 Å². The van der Waals surface area contributed by atoms with Crippen molar-refractivity contribution in [2.45, 2.75) is 49.7 Å². The molecule has 9 N–H and O–H groups in total. The topological polar surface area (TPSA) is 249 Å². The summed E-state index contributed by atoms with van der Waals surface area (Å²) in [6, 6.07) is -3.46. The number of primary amides is 1. The fourth-order valence-corrected chi connectivity index (χ4v) is 2.70. The summed E-state index contributed by atoms with van der Waals surface area (Å²) in [6.45, 7) is -0.350. The normalized spacial score (nSPS) is 19.0. The largest absolute Gasteiger partial charge is 0.490 e. The number of guanidine groups is 1. The number of aliphatic imine (C=N–C) groups is 1. The van der Waals surface area contributed by atoms with Crippen LogP contribution < -0.4 is 27.9 Å². The van der Waals surface area contributed by atoms with Gasteiger partial charge in [-0.2, -0.15) is 26.3 Å². The number of alkyl halides is 6. The summed E-state index contributed by atoms with van der Waals surface area (Å²) in [5, 5.41) is 18.1. The fourth-order valence-electron chi connectivity index (χ4n) is 2.70. The highest BCUT2D eigenvalue weighted by atomic mass is 19.4. The highest BCUT2D eigenvalue weighted by Crippen LogP contribution is 2.22. The lowest BCUT2D eigenvalue weighted by Crippen LogP contribution is -2.50. The molecule has 0 aliphatic carbocycles. The van der Waals surface area contributed by atoms with E-state index in [0.29, 0.717) is 0 Å². The van der Waals surface area contributed by atoms with E-state index >= 15 is 0 Å². The second-order valence-corrected chi connectivity index (χ2v) is 7.00. The van der Waals surface area contributed by atoms with Crippen molar-refractivity contribution in [1.29, 1.82) is 0 Å². The van der Waals surface area contributed by atoms with E-state index in [9.17, 15) is 50.8 Å². The van der Waals surface area contributed by atoms with E-state index in [4.69, 9.17) is 27.1 Å². The molecule has 15 nitrogen and oxygen atoms in total. The Balaban J connectivity index is 0.00000152. The Hall–Kier alpha value is -3.91. The smallest absolute Gasteiger partial charge is 0.475 e. The molecule has 1 heterocycles. The van der Waals surface area contributed by atoms with Gasteiger partial charge >= 0.3 is 24.2 Å². The van der Waals surface area contributed by atoms with Gasteiger partial charge in [0.2, 0.25) is 11.8 Å². The number of aliphatic carboxylic acids is 1. The van der Waals surface area contributed by atoms with Crippen molar-refractivity contribution in [1.82, 2.24) is 15.6 Å². The van der Waals surface area contributed by atoms with Gasteiger partial charge in [0.1, 0.15) is 6.04 Å². The summed E-state index contributed by atoms with van der Waals surface area (Å²) in [7, 11) is 0. The standard InChI is InChI=1S/C13H21F3N8O5.C2HF3O2/c14-13(15,16)11(27)21-6-4-8(9(18)25)23(5-6)10(26)7(17)2-1-3-20-12(19)22-24(28)29;3-2(4,5)1(6)7/h6-8H,1-5,17H2,(H2,18,25)(H,21,27)(H3,19,20,22);(H,6,7)/t6-,7+,8+;/m1./s1. The summed E-state index contributed by atoms with van der Waals surface area (Å²) < 4.78 is 68.9. The maximum Gasteiger partial charge on any atom is 0.490 e. The maximum atomic E-state index is 12.5. The monoisotopic (exact) mass is 540 g/mol. The minimum Gasteiger partial charge on any atom is -0.475 e. The molecular weight excluding hydrogens is 518 g/mol. The molecule has 1 rings (SSSR count). The molecule has 0 radical (unpaired) electrons. The highest BCUT2D eigenvalue weighted by Gasteiger charge is 2.45. The second-order valence-electron chi connectivity index (χ2n) is 7.00. The lowest BCUT2D eigenvalue weighted by Gasteiger charge is -2.25. The van der Waals surface area contributed by atoms with Crippen LogP contribution in [0.25, 0.3) is 0 Å². The number of hydrogen-bond acceptors (Lipinski definition) is 8. The minimum atomic E-state index is -5.11. The first-order valence-corrected chi connectivity index (χ1v) is 9.51. The van der Waals surface area contributed by atoms with Crippen molar-refractivity contribution in [2.24, 2.45) is 22.2 Å². The molecule has 0 spiro atoms. The Bertz CT molecular complexity index is 866. The van der Waals surface area contributed by atoms with Crippen molar-refractivity contribution < 1.29 is 55.7 Å². The molecule has 0 aromatic heterocycles. The first kappa shape index (κ1) is 32.1. The molecule has 0 unspecified atom stereocenters. The van der Waals surface area contributed by atoms with Gasteiger partial charge in [-0.15, -0.1) is 0 Å². The van der Waals surface area contributed by atoms with E-state index in [1.54, 1.807) is 10.7 Å². The fraction of sp³-hybridized carbons (Fsp3) is 0.667. The number of nitro groups is 1. The van der Waals surface area contributed by atoms with Crippen LogP contribution in [0.4, 0.5) is 26.3 Å². The summed E-state index contributed by atoms with van der Waals surface area (Å²) >= 11 is 0. The van der Waals surface area contributed by atoms with Crippen LogP contribution in [-0.4, -0.2) is 88.3 Å². The van der Waals surface area contributed by atoms with Gasteiger partial charge in [0.15, 0.2) is 5.03 Å². The van der Waals surface area contributed by atoms with Gasteiger partial charge in [-0.05, 0) is 19.3 Å². The zero-order valence-corrected chi connectivity index (χ0v) is 18.0. The number of likely N-dealkylation sites (tertiary alicyclic amines) is 1. The van der Waals surface area contributed by atoms with Crippen LogP contribution in [0.3, 0.4) is 0 Å². The van der Waals surface area contributed by atoms with Crippen LogP contribution >= 0.6 is 0 Å². The number of nitrogens with two attached hydrogens (primary N) is 3. The zero-order valence-electron chi connectivity index (χ0n) is 18.0. The molecule has 1 saturated heterocycles. The number of hydrogen-bond donors (Lipinski definition) is 6. The number of amides is 3. The quantitative estimate of drug-likeness (QED) is 0.0491. The second kappa shape index (κ2) is 13.3. The number of nitrogens with zero attached hydrogens (tertiary/aromatic N) is 3. The first-order valence-electron chi connectivity index (χ1n) is 9.51. The number of rotatable bonds is 8. The molecular formula is C15H22F6N8O7. The van der Waals surface area contributed by atoms with Gasteiger partial charge in [0.05, 0.1) is 6.04 Å². The van der Waals surface area contributed by atoms with Gasteiger partial charge < -0.3 is 32.5 Å². The Morgan fingerprint density at radius 2 is 1.67 bits per heavy atom. The van der Waals surface area contributed by atoms with Crippen LogP contribution in [-0.2, 0) is 19.2 Å². The summed E-state index contributed by atoms with van der Waals surface area (Å²) in [5.74, 6) is -7.07. The van der Waals surface area contributed by atoms with Crippen molar-refractivity contribution in [3.63, 3.8) is 0 Å². The number of carboxylic acid groups (broad SMARTS) is 1. The summed E-state index contributed by atoms with van der Waals surface area (Å²) in [4.78, 5) is 58.7. The summed E-state index contributed by atoms with van der Waals surface area (Å²) in [5.41, 5.74) is 17.8. The average Bonchev–Trinajstić information content (AvgIpc) is 3.13. The van der Waals surface area contributed by atoms with Crippen molar-refractivity contribution in [3.05, 3.63) is 10.1 Å². The number of halogens is 6. The van der Waals surface area contributed by atoms with Gasteiger partial charge in [-0.1, -0.05) is 5.43 Å². The molecule has 1 aliphatic heterocycles. The average molecular weight is 540 g/mol. The van der Waals surface area contributed by atoms with Crippen molar-refractivity contribution in [3.8, 4) is 0 Å². The molecule has 1 aliphatic rings. The first-order chi connectivity index (χ1) is 16.3. The van der Waals surface area contributed by atoms with E-state index in [2.05, 4.69) is 4.99 Å².